The number of rotatable bonds is 4. The molecule has 1 rings (SSSR count). The number of aromatic nitrogens is 2. The Hall–Kier alpha value is -1.09. The first-order valence-corrected chi connectivity index (χ1v) is 4.19. The maximum Gasteiger partial charge on any atom is 0.0562 e. The molecule has 0 amide bonds. The molecule has 0 spiro atoms. The van der Waals surface area contributed by atoms with E-state index in [0.717, 1.165) is 18.7 Å². The highest BCUT2D eigenvalue weighted by molar-refractivity contribution is 5.46. The van der Waals surface area contributed by atoms with Gasteiger partial charge in [0.25, 0.3) is 0 Å². The standard InChI is InChI=1S/C9H15N3/c1-3-10-6-4-5-9-7-11-12(2)8-9/h4-5,7-8,10H,3,6H2,1-2H3. The van der Waals surface area contributed by atoms with Gasteiger partial charge < -0.3 is 5.32 Å². The molecule has 0 aliphatic rings. The van der Waals surface area contributed by atoms with Crippen molar-refractivity contribution in [2.75, 3.05) is 13.1 Å². The minimum Gasteiger partial charge on any atom is -0.314 e. The molecule has 0 aliphatic carbocycles. The molecular weight excluding hydrogens is 150 g/mol. The van der Waals surface area contributed by atoms with Crippen molar-refractivity contribution in [1.82, 2.24) is 15.1 Å². The van der Waals surface area contributed by atoms with Gasteiger partial charge in [-0.05, 0) is 6.54 Å². The van der Waals surface area contributed by atoms with E-state index in [2.05, 4.69) is 29.5 Å². The summed E-state index contributed by atoms with van der Waals surface area (Å²) in [6.45, 7) is 4.03. The van der Waals surface area contributed by atoms with Gasteiger partial charge in [0.2, 0.25) is 0 Å². The van der Waals surface area contributed by atoms with E-state index in [0.29, 0.717) is 0 Å². The fourth-order valence-electron chi connectivity index (χ4n) is 0.949. The molecule has 1 aromatic heterocycles. The van der Waals surface area contributed by atoms with Crippen molar-refractivity contribution in [2.45, 2.75) is 6.92 Å². The van der Waals surface area contributed by atoms with Crippen LogP contribution in [-0.2, 0) is 7.05 Å². The average Bonchev–Trinajstić information content (AvgIpc) is 2.45. The van der Waals surface area contributed by atoms with Crippen molar-refractivity contribution in [2.24, 2.45) is 7.05 Å². The van der Waals surface area contributed by atoms with Crippen LogP contribution in [0, 0.1) is 0 Å². The second kappa shape index (κ2) is 4.72. The second-order valence-electron chi connectivity index (χ2n) is 2.66. The molecule has 12 heavy (non-hydrogen) atoms. The highest BCUT2D eigenvalue weighted by Gasteiger charge is 1.87. The fraction of sp³-hybridized carbons (Fsp3) is 0.444. The van der Waals surface area contributed by atoms with Gasteiger partial charge in [-0.3, -0.25) is 4.68 Å². The third-order valence-corrected chi connectivity index (χ3v) is 1.55. The predicted molar refractivity (Wildman–Crippen MR) is 50.8 cm³/mol. The van der Waals surface area contributed by atoms with Crippen LogP contribution in [0.3, 0.4) is 0 Å². The van der Waals surface area contributed by atoms with Gasteiger partial charge in [0.15, 0.2) is 0 Å². The third-order valence-electron chi connectivity index (χ3n) is 1.55. The van der Waals surface area contributed by atoms with Crippen molar-refractivity contribution < 1.29 is 0 Å². The first-order chi connectivity index (χ1) is 5.83. The fourth-order valence-corrected chi connectivity index (χ4v) is 0.949. The van der Waals surface area contributed by atoms with Crippen LogP contribution in [0.4, 0.5) is 0 Å². The van der Waals surface area contributed by atoms with E-state index < -0.39 is 0 Å². The Labute approximate surface area is 73.1 Å². The Kier molecular flexibility index (Phi) is 3.54. The summed E-state index contributed by atoms with van der Waals surface area (Å²) in [7, 11) is 1.92. The van der Waals surface area contributed by atoms with E-state index >= 15 is 0 Å². The third kappa shape index (κ3) is 2.88. The van der Waals surface area contributed by atoms with E-state index in [4.69, 9.17) is 0 Å². The molecular formula is C9H15N3. The highest BCUT2D eigenvalue weighted by atomic mass is 15.2. The summed E-state index contributed by atoms with van der Waals surface area (Å²) in [5.41, 5.74) is 1.15. The zero-order chi connectivity index (χ0) is 8.81. The smallest absolute Gasteiger partial charge is 0.0562 e. The molecule has 0 bridgehead atoms. The molecule has 66 valence electrons. The van der Waals surface area contributed by atoms with Crippen LogP contribution >= 0.6 is 0 Å². The summed E-state index contributed by atoms with van der Waals surface area (Å²) in [5.74, 6) is 0. The van der Waals surface area contributed by atoms with Gasteiger partial charge in [-0.1, -0.05) is 19.1 Å². The molecule has 1 N–H and O–H groups in total. The molecule has 0 saturated heterocycles. The molecule has 0 aromatic carbocycles. The molecule has 0 atom stereocenters. The van der Waals surface area contributed by atoms with Crippen LogP contribution in [0.25, 0.3) is 6.08 Å². The number of likely N-dealkylation sites (N-methyl/N-ethyl adjacent to an activating group) is 1. The Morgan fingerprint density at radius 2 is 2.50 bits per heavy atom. The zero-order valence-electron chi connectivity index (χ0n) is 7.62. The molecule has 0 radical (unpaired) electrons. The summed E-state index contributed by atoms with van der Waals surface area (Å²) >= 11 is 0. The van der Waals surface area contributed by atoms with Crippen LogP contribution < -0.4 is 5.32 Å². The van der Waals surface area contributed by atoms with Gasteiger partial charge >= 0.3 is 0 Å². The Balaban J connectivity index is 2.36. The minimum atomic E-state index is 0.922. The van der Waals surface area contributed by atoms with E-state index in [1.807, 2.05) is 19.4 Å². The molecule has 3 heteroatoms. The van der Waals surface area contributed by atoms with Crippen LogP contribution in [0.1, 0.15) is 12.5 Å². The van der Waals surface area contributed by atoms with Gasteiger partial charge in [-0.2, -0.15) is 5.10 Å². The van der Waals surface area contributed by atoms with Crippen LogP contribution in [0.15, 0.2) is 18.5 Å². The van der Waals surface area contributed by atoms with Crippen LogP contribution in [0.2, 0.25) is 0 Å². The van der Waals surface area contributed by atoms with Crippen LogP contribution in [0.5, 0.6) is 0 Å². The van der Waals surface area contributed by atoms with Gasteiger partial charge in [-0.15, -0.1) is 0 Å². The van der Waals surface area contributed by atoms with Crippen molar-refractivity contribution in [3.05, 3.63) is 24.0 Å². The lowest BCUT2D eigenvalue weighted by Crippen LogP contribution is -2.11. The monoisotopic (exact) mass is 165 g/mol. The number of nitrogens with one attached hydrogen (secondary N) is 1. The molecule has 0 fully saturated rings. The maximum absolute atomic E-state index is 4.06. The van der Waals surface area contributed by atoms with Crippen molar-refractivity contribution in [3.63, 3.8) is 0 Å². The SMILES string of the molecule is CCNCC=Cc1cnn(C)c1. The molecule has 3 nitrogen and oxygen atoms in total. The molecule has 0 aliphatic heterocycles. The average molecular weight is 165 g/mol. The number of aryl methyl sites for hydroxylation is 1. The lowest BCUT2D eigenvalue weighted by molar-refractivity contribution is 0.767. The van der Waals surface area contributed by atoms with E-state index in [9.17, 15) is 0 Å². The lowest BCUT2D eigenvalue weighted by Gasteiger charge is -1.91. The number of hydrogen-bond donors (Lipinski definition) is 1. The number of nitrogens with zero attached hydrogens (tertiary/aromatic N) is 2. The molecule has 1 aromatic rings. The van der Waals surface area contributed by atoms with Gasteiger partial charge in [0.1, 0.15) is 0 Å². The quantitative estimate of drug-likeness (QED) is 0.676. The van der Waals surface area contributed by atoms with E-state index in [1.165, 1.54) is 0 Å². The zero-order valence-corrected chi connectivity index (χ0v) is 7.62. The topological polar surface area (TPSA) is 29.9 Å². The molecule has 1 heterocycles. The summed E-state index contributed by atoms with van der Waals surface area (Å²) in [5, 5.41) is 7.27. The van der Waals surface area contributed by atoms with Crippen molar-refractivity contribution in [3.8, 4) is 0 Å². The second-order valence-corrected chi connectivity index (χ2v) is 2.66. The van der Waals surface area contributed by atoms with E-state index in [1.54, 1.807) is 4.68 Å². The largest absolute Gasteiger partial charge is 0.314 e. The first-order valence-electron chi connectivity index (χ1n) is 4.19. The van der Waals surface area contributed by atoms with Gasteiger partial charge in [0, 0.05) is 25.4 Å². The summed E-state index contributed by atoms with van der Waals surface area (Å²) in [6, 6.07) is 0. The Bertz CT molecular complexity index is 250. The molecule has 0 saturated carbocycles. The summed E-state index contributed by atoms with van der Waals surface area (Å²) < 4.78 is 1.80. The minimum absolute atomic E-state index is 0.922. The van der Waals surface area contributed by atoms with Gasteiger partial charge in [-0.25, -0.2) is 0 Å². The normalized spacial score (nSPS) is 11.2. The Morgan fingerprint density at radius 3 is 3.08 bits per heavy atom. The molecule has 0 unspecified atom stereocenters. The van der Waals surface area contributed by atoms with Crippen molar-refractivity contribution in [1.29, 1.82) is 0 Å². The summed E-state index contributed by atoms with van der Waals surface area (Å²) in [6.07, 6.45) is 8.00. The first kappa shape index (κ1) is 9.00. The van der Waals surface area contributed by atoms with E-state index in [-0.39, 0.29) is 0 Å². The lowest BCUT2D eigenvalue weighted by atomic mass is 10.3. The predicted octanol–water partition coefficient (Wildman–Crippen LogP) is 1.04. The van der Waals surface area contributed by atoms with Crippen molar-refractivity contribution >= 4 is 6.08 Å². The highest BCUT2D eigenvalue weighted by Crippen LogP contribution is 1.97. The van der Waals surface area contributed by atoms with Crippen LogP contribution in [-0.4, -0.2) is 22.9 Å². The maximum atomic E-state index is 4.06. The summed E-state index contributed by atoms with van der Waals surface area (Å²) in [4.78, 5) is 0. The Morgan fingerprint density at radius 1 is 1.67 bits per heavy atom. The van der Waals surface area contributed by atoms with Gasteiger partial charge in [0.05, 0.1) is 6.20 Å². The number of hydrogen-bond acceptors (Lipinski definition) is 2.